The molecule has 5 nitrogen and oxygen atoms in total. The van der Waals surface area contributed by atoms with Crippen LogP contribution in [0.25, 0.3) is 0 Å². The molecule has 0 spiro atoms. The van der Waals surface area contributed by atoms with E-state index in [0.29, 0.717) is 6.20 Å². The summed E-state index contributed by atoms with van der Waals surface area (Å²) in [5.74, 6) is -1.15. The molecule has 130 valence electrons. The lowest BCUT2D eigenvalue weighted by molar-refractivity contribution is -0.137. The fourth-order valence-electron chi connectivity index (χ4n) is 1.83. The van der Waals surface area contributed by atoms with Crippen molar-refractivity contribution in [3.8, 4) is 5.75 Å². The molecule has 24 heavy (non-hydrogen) atoms. The highest BCUT2D eigenvalue weighted by atomic mass is 19.4. The molecule has 1 aromatic heterocycles. The van der Waals surface area contributed by atoms with Crippen LogP contribution >= 0.6 is 0 Å². The first-order valence-corrected chi connectivity index (χ1v) is 6.72. The monoisotopic (exact) mass is 348 g/mol. The second kappa shape index (κ2) is 7.28. The third-order valence-corrected chi connectivity index (χ3v) is 2.85. The summed E-state index contributed by atoms with van der Waals surface area (Å²) in [7, 11) is 1.28. The number of rotatable bonds is 6. The fraction of sp³-hybridized carbons (Fsp3) is 0.286. The molecule has 0 aliphatic carbocycles. The molecule has 0 saturated carbocycles. The predicted molar refractivity (Wildman–Crippen MR) is 77.7 cm³/mol. The van der Waals surface area contributed by atoms with Crippen molar-refractivity contribution in [1.82, 2.24) is 9.97 Å². The summed E-state index contributed by atoms with van der Waals surface area (Å²) in [5, 5.41) is 4.88. The van der Waals surface area contributed by atoms with Crippen molar-refractivity contribution in [3.63, 3.8) is 0 Å². The summed E-state index contributed by atoms with van der Waals surface area (Å²) in [4.78, 5) is 7.26. The highest BCUT2D eigenvalue weighted by Gasteiger charge is 2.35. The zero-order valence-electron chi connectivity index (χ0n) is 12.4. The first-order chi connectivity index (χ1) is 11.3. The smallest absolute Gasteiger partial charge is 0.421 e. The van der Waals surface area contributed by atoms with Gasteiger partial charge in [0, 0.05) is 19.3 Å². The van der Waals surface area contributed by atoms with Gasteiger partial charge in [0.15, 0.2) is 0 Å². The molecule has 2 aromatic rings. The van der Waals surface area contributed by atoms with Crippen molar-refractivity contribution in [3.05, 3.63) is 35.8 Å². The van der Waals surface area contributed by atoms with Crippen molar-refractivity contribution < 1.29 is 26.7 Å². The lowest BCUT2D eigenvalue weighted by Gasteiger charge is -2.14. The minimum absolute atomic E-state index is 0.0604. The maximum Gasteiger partial charge on any atom is 0.421 e. The Morgan fingerprint density at radius 1 is 1.25 bits per heavy atom. The summed E-state index contributed by atoms with van der Waals surface area (Å²) in [6.07, 6.45) is -4.02. The molecule has 0 fully saturated rings. The summed E-state index contributed by atoms with van der Waals surface area (Å²) in [5.41, 5.74) is -0.978. The molecule has 0 bridgehead atoms. The minimum atomic E-state index is -4.62. The van der Waals surface area contributed by atoms with E-state index in [0.717, 1.165) is 12.1 Å². The molecule has 0 unspecified atom stereocenters. The second-order valence-electron chi connectivity index (χ2n) is 4.51. The molecule has 1 aromatic carbocycles. The fourth-order valence-corrected chi connectivity index (χ4v) is 1.83. The number of nitrogens with one attached hydrogen (secondary N) is 2. The van der Waals surface area contributed by atoms with Crippen molar-refractivity contribution in [2.24, 2.45) is 0 Å². The lowest BCUT2D eigenvalue weighted by atomic mass is 10.2. The van der Waals surface area contributed by atoms with Crippen LogP contribution in [0.3, 0.4) is 0 Å². The lowest BCUT2D eigenvalue weighted by Crippen LogP contribution is -2.13. The van der Waals surface area contributed by atoms with Gasteiger partial charge in [0.05, 0.1) is 5.69 Å². The van der Waals surface area contributed by atoms with Crippen LogP contribution in [-0.4, -0.2) is 30.3 Å². The number of hydrogen-bond acceptors (Lipinski definition) is 5. The van der Waals surface area contributed by atoms with E-state index in [4.69, 9.17) is 4.74 Å². The van der Waals surface area contributed by atoms with Gasteiger partial charge in [-0.2, -0.15) is 18.2 Å². The zero-order valence-corrected chi connectivity index (χ0v) is 12.4. The molecule has 0 radical (unpaired) electrons. The van der Waals surface area contributed by atoms with Gasteiger partial charge < -0.3 is 15.4 Å². The molecule has 0 atom stereocenters. The molecular formula is C14H13F5N4O. The average molecular weight is 348 g/mol. The maximum absolute atomic E-state index is 13.4. The van der Waals surface area contributed by atoms with E-state index in [1.54, 1.807) is 0 Å². The van der Waals surface area contributed by atoms with E-state index in [1.165, 1.54) is 13.1 Å². The normalized spacial score (nSPS) is 11.2. The van der Waals surface area contributed by atoms with E-state index in [-0.39, 0.29) is 24.0 Å². The van der Waals surface area contributed by atoms with Crippen LogP contribution in [0.15, 0.2) is 24.4 Å². The van der Waals surface area contributed by atoms with Crippen LogP contribution in [0.4, 0.5) is 39.4 Å². The molecular weight excluding hydrogens is 335 g/mol. The molecule has 0 aliphatic heterocycles. The first-order valence-electron chi connectivity index (χ1n) is 6.72. The SMILES string of the molecule is CNc1nc(Nc2cc(F)ccc2OCCF)ncc1C(F)(F)F. The third kappa shape index (κ3) is 4.21. The minimum Gasteiger partial charge on any atom is -0.489 e. The Hall–Kier alpha value is -2.65. The van der Waals surface area contributed by atoms with Gasteiger partial charge in [0.1, 0.15) is 36.2 Å². The molecule has 2 N–H and O–H groups in total. The molecule has 0 saturated heterocycles. The maximum atomic E-state index is 13.4. The zero-order chi connectivity index (χ0) is 17.7. The Balaban J connectivity index is 2.33. The van der Waals surface area contributed by atoms with Crippen molar-refractivity contribution in [1.29, 1.82) is 0 Å². The molecule has 0 aliphatic rings. The number of anilines is 3. The summed E-state index contributed by atoms with van der Waals surface area (Å²) in [6, 6.07) is 3.40. The van der Waals surface area contributed by atoms with E-state index in [9.17, 15) is 22.0 Å². The van der Waals surface area contributed by atoms with Gasteiger partial charge in [-0.05, 0) is 12.1 Å². The van der Waals surface area contributed by atoms with E-state index < -0.39 is 30.0 Å². The van der Waals surface area contributed by atoms with Crippen LogP contribution in [0.1, 0.15) is 5.56 Å². The van der Waals surface area contributed by atoms with Crippen LogP contribution in [-0.2, 0) is 6.18 Å². The highest BCUT2D eigenvalue weighted by Crippen LogP contribution is 2.34. The molecule has 2 rings (SSSR count). The number of benzene rings is 1. The van der Waals surface area contributed by atoms with Gasteiger partial charge in [-0.1, -0.05) is 0 Å². The predicted octanol–water partition coefficient (Wildman–Crippen LogP) is 3.77. The Kier molecular flexibility index (Phi) is 5.37. The van der Waals surface area contributed by atoms with Crippen LogP contribution in [0.2, 0.25) is 0 Å². The standard InChI is InChI=1S/C14H13F5N4O/c1-20-12-9(14(17,18)19)7-21-13(23-12)22-10-6-8(16)2-3-11(10)24-5-4-15/h2-3,6-7H,4-5H2,1H3,(H2,20,21,22,23). The van der Waals surface area contributed by atoms with Crippen molar-refractivity contribution in [2.75, 3.05) is 31.0 Å². The van der Waals surface area contributed by atoms with Crippen LogP contribution in [0.5, 0.6) is 5.75 Å². The second-order valence-corrected chi connectivity index (χ2v) is 4.51. The number of alkyl halides is 4. The van der Waals surface area contributed by atoms with Gasteiger partial charge in [-0.15, -0.1) is 0 Å². The van der Waals surface area contributed by atoms with Crippen molar-refractivity contribution >= 4 is 17.5 Å². The number of halogens is 5. The number of nitrogens with zero attached hydrogens (tertiary/aromatic N) is 2. The van der Waals surface area contributed by atoms with Gasteiger partial charge in [-0.25, -0.2) is 13.8 Å². The van der Waals surface area contributed by atoms with Crippen molar-refractivity contribution in [2.45, 2.75) is 6.18 Å². The van der Waals surface area contributed by atoms with Crippen LogP contribution < -0.4 is 15.4 Å². The highest BCUT2D eigenvalue weighted by molar-refractivity contribution is 5.63. The van der Waals surface area contributed by atoms with Gasteiger partial charge in [0.2, 0.25) is 5.95 Å². The topological polar surface area (TPSA) is 59.1 Å². The van der Waals surface area contributed by atoms with Gasteiger partial charge in [0.25, 0.3) is 0 Å². The van der Waals surface area contributed by atoms with Crippen LogP contribution in [0, 0.1) is 5.82 Å². The average Bonchev–Trinajstić information content (AvgIpc) is 2.53. The number of ether oxygens (including phenoxy) is 1. The Labute approximate surface area is 133 Å². The van der Waals surface area contributed by atoms with E-state index in [1.807, 2.05) is 0 Å². The summed E-state index contributed by atoms with van der Waals surface area (Å²) in [6.45, 7) is -1.01. The largest absolute Gasteiger partial charge is 0.489 e. The quantitative estimate of drug-likeness (QED) is 0.779. The van der Waals surface area contributed by atoms with Gasteiger partial charge in [-0.3, -0.25) is 0 Å². The number of hydrogen-bond donors (Lipinski definition) is 2. The Bertz CT molecular complexity index is 708. The molecule has 0 amide bonds. The summed E-state index contributed by atoms with van der Waals surface area (Å²) >= 11 is 0. The van der Waals surface area contributed by atoms with E-state index >= 15 is 0 Å². The van der Waals surface area contributed by atoms with Gasteiger partial charge >= 0.3 is 6.18 Å². The Morgan fingerprint density at radius 2 is 2.00 bits per heavy atom. The molecule has 1 heterocycles. The summed E-state index contributed by atoms with van der Waals surface area (Å²) < 4.78 is 69.1. The molecule has 10 heteroatoms. The third-order valence-electron chi connectivity index (χ3n) is 2.85. The number of aromatic nitrogens is 2. The van der Waals surface area contributed by atoms with E-state index in [2.05, 4.69) is 20.6 Å². The first kappa shape index (κ1) is 17.7. The Morgan fingerprint density at radius 3 is 2.62 bits per heavy atom.